The van der Waals surface area contributed by atoms with Gasteiger partial charge in [0.25, 0.3) is 0 Å². The molecular formula is C114H78N6. The maximum Gasteiger partial charge on any atom is 0.0542 e. The van der Waals surface area contributed by atoms with Crippen LogP contribution in [0.25, 0.3) is 149 Å². The van der Waals surface area contributed by atoms with Crippen LogP contribution in [0, 0.1) is 0 Å². The molecule has 0 spiro atoms. The van der Waals surface area contributed by atoms with Gasteiger partial charge in [-0.25, -0.2) is 0 Å². The van der Waals surface area contributed by atoms with Crippen LogP contribution in [0.15, 0.2) is 473 Å². The predicted octanol–water partition coefficient (Wildman–Crippen LogP) is 31.4. The highest BCUT2D eigenvalue weighted by atomic mass is 15.2. The first-order valence-electron chi connectivity index (χ1n) is 41.1. The summed E-state index contributed by atoms with van der Waals surface area (Å²) in [6, 6.07) is 174. The lowest BCUT2D eigenvalue weighted by atomic mass is 9.99. The smallest absolute Gasteiger partial charge is 0.0542 e. The lowest BCUT2D eigenvalue weighted by Gasteiger charge is -2.33. The quantitative estimate of drug-likeness (QED) is 0.0856. The van der Waals surface area contributed by atoms with Crippen molar-refractivity contribution in [3.05, 3.63) is 473 Å². The molecule has 0 fully saturated rings. The minimum absolute atomic E-state index is 0.954. The lowest BCUT2D eigenvalue weighted by Crippen LogP contribution is -2.16. The fraction of sp³-hybridized carbons (Fsp3) is 0. The summed E-state index contributed by atoms with van der Waals surface area (Å²) in [5, 5.41) is 6.86. The molecule has 19 aromatic carbocycles. The molecule has 0 saturated heterocycles. The van der Waals surface area contributed by atoms with E-state index >= 15 is 0 Å². The Hall–Kier alpha value is -16.0. The number of hydrogen-bond donors (Lipinski definition) is 0. The molecule has 0 radical (unpaired) electrons. The van der Waals surface area contributed by atoms with E-state index in [-0.39, 0.29) is 0 Å². The van der Waals surface area contributed by atoms with E-state index in [0.29, 0.717) is 0 Å². The Bertz CT molecular complexity index is 6770. The molecular weight excluding hydrogens is 1450 g/mol. The average molecular weight is 1530 g/mol. The predicted molar refractivity (Wildman–Crippen MR) is 506 cm³/mol. The van der Waals surface area contributed by atoms with Crippen LogP contribution in [-0.2, 0) is 0 Å². The van der Waals surface area contributed by atoms with Gasteiger partial charge in [0, 0.05) is 83.5 Å². The van der Waals surface area contributed by atoms with Crippen LogP contribution in [0.5, 0.6) is 0 Å². The van der Waals surface area contributed by atoms with Crippen molar-refractivity contribution in [2.24, 2.45) is 0 Å². The van der Waals surface area contributed by atoms with Crippen molar-refractivity contribution in [1.29, 1.82) is 0 Å². The molecule has 0 amide bonds. The number of anilines is 9. The monoisotopic (exact) mass is 1530 g/mol. The normalized spacial score (nSPS) is 11.5. The topological polar surface area (TPSA) is 24.5 Å². The summed E-state index contributed by atoms with van der Waals surface area (Å²) in [4.78, 5) is 7.39. The Labute approximate surface area is 697 Å². The van der Waals surface area contributed by atoms with Crippen LogP contribution >= 0.6 is 0 Å². The second-order valence-electron chi connectivity index (χ2n) is 30.9. The summed E-state index contributed by atoms with van der Waals surface area (Å²) in [5.41, 5.74) is 32.9. The van der Waals surface area contributed by atoms with Gasteiger partial charge in [-0.05, 0) is 249 Å². The Morgan fingerprint density at radius 1 is 0.117 bits per heavy atom. The molecule has 0 N–H and O–H groups in total. The van der Waals surface area contributed by atoms with E-state index in [9.17, 15) is 0 Å². The van der Waals surface area contributed by atoms with Crippen molar-refractivity contribution in [1.82, 2.24) is 13.7 Å². The molecule has 3 aromatic heterocycles. The van der Waals surface area contributed by atoms with Gasteiger partial charge in [-0.2, -0.15) is 0 Å². The summed E-state index contributed by atoms with van der Waals surface area (Å²) in [6.07, 6.45) is 0. The second kappa shape index (κ2) is 30.3. The molecule has 6 nitrogen and oxygen atoms in total. The highest BCUT2D eigenvalue weighted by Crippen LogP contribution is 2.50. The van der Waals surface area contributed by atoms with Gasteiger partial charge < -0.3 is 28.4 Å². The van der Waals surface area contributed by atoms with Crippen molar-refractivity contribution in [2.45, 2.75) is 0 Å². The third-order valence-electron chi connectivity index (χ3n) is 23.7. The zero-order chi connectivity index (χ0) is 79.4. The van der Waals surface area contributed by atoms with E-state index in [0.717, 1.165) is 167 Å². The molecule has 0 unspecified atom stereocenters. The number of aromatic nitrogens is 3. The molecule has 0 aliphatic rings. The van der Waals surface area contributed by atoms with Gasteiger partial charge in [0.2, 0.25) is 0 Å². The summed E-state index contributed by atoms with van der Waals surface area (Å²) in [6.45, 7) is 0. The van der Waals surface area contributed by atoms with Crippen LogP contribution in [0.3, 0.4) is 0 Å². The van der Waals surface area contributed by atoms with Crippen LogP contribution in [0.1, 0.15) is 0 Å². The Kier molecular flexibility index (Phi) is 17.8. The van der Waals surface area contributed by atoms with Gasteiger partial charge in [0.05, 0.1) is 50.2 Å². The maximum atomic E-state index is 2.46. The number of rotatable bonds is 18. The van der Waals surface area contributed by atoms with E-state index < -0.39 is 0 Å². The number of nitrogens with zero attached hydrogens (tertiary/aromatic N) is 6. The third kappa shape index (κ3) is 12.9. The van der Waals surface area contributed by atoms with Crippen molar-refractivity contribution < 1.29 is 0 Å². The number of fused-ring (bicyclic) bond motifs is 9. The van der Waals surface area contributed by atoms with E-state index in [1.807, 2.05) is 0 Å². The Morgan fingerprint density at radius 3 is 0.525 bits per heavy atom. The fourth-order valence-corrected chi connectivity index (χ4v) is 18.1. The minimum Gasteiger partial charge on any atom is -0.310 e. The molecule has 6 heteroatoms. The number of hydrogen-bond acceptors (Lipinski definition) is 3. The molecule has 3 heterocycles. The highest BCUT2D eigenvalue weighted by Gasteiger charge is 2.27. The van der Waals surface area contributed by atoms with E-state index in [1.165, 1.54) is 33.4 Å². The van der Waals surface area contributed by atoms with Crippen molar-refractivity contribution in [3.8, 4) is 83.8 Å². The molecule has 22 aromatic rings. The van der Waals surface area contributed by atoms with Gasteiger partial charge in [-0.3, -0.25) is 0 Å². The van der Waals surface area contributed by atoms with Crippen LogP contribution in [0.4, 0.5) is 51.2 Å². The van der Waals surface area contributed by atoms with E-state index in [1.54, 1.807) is 0 Å². The summed E-state index contributed by atoms with van der Waals surface area (Å²) >= 11 is 0. The fourth-order valence-electron chi connectivity index (χ4n) is 18.1. The molecule has 0 aliphatic carbocycles. The third-order valence-corrected chi connectivity index (χ3v) is 23.7. The first-order valence-corrected chi connectivity index (χ1v) is 41.1. The molecule has 564 valence electrons. The van der Waals surface area contributed by atoms with Gasteiger partial charge in [0.1, 0.15) is 0 Å². The minimum atomic E-state index is 0.954. The molecule has 0 aliphatic heterocycles. The van der Waals surface area contributed by atoms with E-state index in [4.69, 9.17) is 0 Å². The van der Waals surface area contributed by atoms with Gasteiger partial charge in [-0.15, -0.1) is 0 Å². The maximum absolute atomic E-state index is 2.46. The standard InChI is InChI=1S/C114H78N6/c1-10-28-79(29-11-1)82-46-52-85(53-47-82)88-58-64-109-103(70-88)106-76-97(61-67-112(106)118(109)94-40-22-7-23-41-94)115(91-34-16-4-17-35-91)100-73-101(116(92-36-18-5-19-37-92)98-62-68-113-107(77-98)104-71-89(59-65-110(104)119(113)95-42-24-8-25-43-95)86-54-48-83(49-55-86)80-30-12-2-13-31-80)75-102(74-100)117(93-38-20-6-21-39-93)99-63-69-114-108(78-99)105-72-90(60-66-111(105)120(114)96-44-26-9-27-45-96)87-56-50-84(51-57-87)81-32-14-3-15-33-81/h1-78H. The first kappa shape index (κ1) is 70.6. The second-order valence-corrected chi connectivity index (χ2v) is 30.9. The average Bonchev–Trinajstić information content (AvgIpc) is 1.58. The zero-order valence-corrected chi connectivity index (χ0v) is 65.7. The van der Waals surface area contributed by atoms with Crippen LogP contribution in [0.2, 0.25) is 0 Å². The van der Waals surface area contributed by atoms with Crippen LogP contribution in [-0.4, -0.2) is 13.7 Å². The SMILES string of the molecule is c1ccc(-c2ccc(-c3ccc4c(c3)c3cc(N(c5ccccc5)c5cc(N(c6ccccc6)c6ccc7c(c6)c6cc(-c8ccc(-c9ccccc9)cc8)ccc6n7-c6ccccc6)cc(N(c6ccccc6)c6ccc7c(c6)c6cc(-c8ccc(-c9ccccc9)cc8)ccc6n7-c6ccccc6)c5)ccc3n4-c3ccccc3)cc2)cc1. The van der Waals surface area contributed by atoms with Crippen LogP contribution < -0.4 is 14.7 Å². The van der Waals surface area contributed by atoms with E-state index in [2.05, 4.69) is 502 Å². The molecule has 22 rings (SSSR count). The van der Waals surface area contributed by atoms with Gasteiger partial charge >= 0.3 is 0 Å². The van der Waals surface area contributed by atoms with Crippen molar-refractivity contribution >= 4 is 117 Å². The Balaban J connectivity index is 0.778. The number of benzene rings is 19. The summed E-state index contributed by atoms with van der Waals surface area (Å²) in [7, 11) is 0. The Morgan fingerprint density at radius 2 is 0.292 bits per heavy atom. The van der Waals surface area contributed by atoms with Crippen molar-refractivity contribution in [3.63, 3.8) is 0 Å². The van der Waals surface area contributed by atoms with Gasteiger partial charge in [-0.1, -0.05) is 291 Å². The molecule has 0 bridgehead atoms. The van der Waals surface area contributed by atoms with Gasteiger partial charge in [0.15, 0.2) is 0 Å². The largest absolute Gasteiger partial charge is 0.310 e. The molecule has 120 heavy (non-hydrogen) atoms. The zero-order valence-electron chi connectivity index (χ0n) is 65.7. The summed E-state index contributed by atoms with van der Waals surface area (Å²) < 4.78 is 7.27. The lowest BCUT2D eigenvalue weighted by molar-refractivity contribution is 1.18. The summed E-state index contributed by atoms with van der Waals surface area (Å²) in [5.74, 6) is 0. The molecule has 0 atom stereocenters. The number of para-hydroxylation sites is 6. The first-order chi connectivity index (χ1) is 59.5. The molecule has 0 saturated carbocycles. The highest BCUT2D eigenvalue weighted by molar-refractivity contribution is 6.15. The van der Waals surface area contributed by atoms with Crippen molar-refractivity contribution in [2.75, 3.05) is 14.7 Å².